The van der Waals surface area contributed by atoms with Crippen molar-refractivity contribution in [1.29, 1.82) is 0 Å². The number of nitrogens with zero attached hydrogens (tertiary/aromatic N) is 2. The standard InChI is InChI=1S/C21H25N3O5S/c1-2-5-20(26)22-17-8-6-16(7-9-17)19(25)15-23-14-18(10-11-21(23)27)30(28,29)24-12-3-4-13-24/h6-11,14H,2-5,12-13,15H2,1H3,(H,22,26). The third kappa shape index (κ3) is 5.03. The molecule has 1 saturated heterocycles. The second-order valence-corrected chi connectivity index (χ2v) is 9.18. The molecule has 8 nitrogen and oxygen atoms in total. The first kappa shape index (κ1) is 21.9. The Kier molecular flexibility index (Phi) is 6.84. The SMILES string of the molecule is CCCC(=O)Nc1ccc(C(=O)Cn2cc(S(=O)(=O)N3CCCC3)ccc2=O)cc1. The molecule has 0 saturated carbocycles. The van der Waals surface area contributed by atoms with E-state index >= 15 is 0 Å². The molecule has 1 fully saturated rings. The highest BCUT2D eigenvalue weighted by molar-refractivity contribution is 7.89. The van der Waals surface area contributed by atoms with E-state index in [0.717, 1.165) is 23.8 Å². The molecule has 3 rings (SSSR count). The molecule has 1 aromatic carbocycles. The van der Waals surface area contributed by atoms with Crippen LogP contribution in [0.2, 0.25) is 0 Å². The zero-order valence-corrected chi connectivity index (χ0v) is 17.7. The lowest BCUT2D eigenvalue weighted by atomic mass is 10.1. The first-order valence-electron chi connectivity index (χ1n) is 9.95. The maximum atomic E-state index is 12.7. The van der Waals surface area contributed by atoms with Crippen LogP contribution < -0.4 is 10.9 Å². The van der Waals surface area contributed by atoms with Gasteiger partial charge in [0.2, 0.25) is 15.9 Å². The Balaban J connectivity index is 1.75. The summed E-state index contributed by atoms with van der Waals surface area (Å²) in [4.78, 5) is 36.4. The van der Waals surface area contributed by atoms with Gasteiger partial charge in [-0.3, -0.25) is 14.4 Å². The third-order valence-electron chi connectivity index (χ3n) is 4.94. The Bertz CT molecular complexity index is 1080. The summed E-state index contributed by atoms with van der Waals surface area (Å²) in [6.07, 6.45) is 4.01. The van der Waals surface area contributed by atoms with Crippen LogP contribution in [0.3, 0.4) is 0 Å². The summed E-state index contributed by atoms with van der Waals surface area (Å²) in [5.74, 6) is -0.432. The Morgan fingerprint density at radius 3 is 2.33 bits per heavy atom. The predicted octanol–water partition coefficient (Wildman–Crippen LogP) is 2.25. The molecule has 1 aliphatic heterocycles. The van der Waals surface area contributed by atoms with Crippen molar-refractivity contribution in [3.63, 3.8) is 0 Å². The van der Waals surface area contributed by atoms with Crippen LogP contribution in [0.25, 0.3) is 0 Å². The molecule has 0 atom stereocenters. The van der Waals surface area contributed by atoms with E-state index in [-0.39, 0.29) is 23.1 Å². The topological polar surface area (TPSA) is 106 Å². The average molecular weight is 432 g/mol. The van der Waals surface area contributed by atoms with Gasteiger partial charge in [-0.1, -0.05) is 6.92 Å². The molecule has 0 aliphatic carbocycles. The smallest absolute Gasteiger partial charge is 0.251 e. The normalized spacial score (nSPS) is 14.6. The number of ketones is 1. The predicted molar refractivity (Wildman–Crippen MR) is 113 cm³/mol. The number of nitrogens with one attached hydrogen (secondary N) is 1. The molecule has 30 heavy (non-hydrogen) atoms. The second kappa shape index (κ2) is 9.36. The molecule has 0 unspecified atom stereocenters. The van der Waals surface area contributed by atoms with Gasteiger partial charge < -0.3 is 9.88 Å². The number of amides is 1. The van der Waals surface area contributed by atoms with Crippen molar-refractivity contribution in [2.45, 2.75) is 44.0 Å². The molecule has 2 heterocycles. The van der Waals surface area contributed by atoms with Gasteiger partial charge in [-0.05, 0) is 49.6 Å². The van der Waals surface area contributed by atoms with Crippen LogP contribution in [0.1, 0.15) is 43.0 Å². The Morgan fingerprint density at radius 2 is 1.70 bits per heavy atom. The van der Waals surface area contributed by atoms with Crippen molar-refractivity contribution in [1.82, 2.24) is 8.87 Å². The molecule has 0 spiro atoms. The number of carbonyl (C=O) groups is 2. The highest BCUT2D eigenvalue weighted by atomic mass is 32.2. The zero-order chi connectivity index (χ0) is 21.7. The highest BCUT2D eigenvalue weighted by Gasteiger charge is 2.27. The monoisotopic (exact) mass is 431 g/mol. The quantitative estimate of drug-likeness (QED) is 0.646. The lowest BCUT2D eigenvalue weighted by Crippen LogP contribution is -2.30. The number of rotatable bonds is 8. The van der Waals surface area contributed by atoms with Crippen molar-refractivity contribution in [3.05, 3.63) is 58.5 Å². The minimum atomic E-state index is -3.68. The van der Waals surface area contributed by atoms with Crippen molar-refractivity contribution in [2.24, 2.45) is 0 Å². The van der Waals surface area contributed by atoms with E-state index in [9.17, 15) is 22.8 Å². The molecule has 2 aromatic rings. The largest absolute Gasteiger partial charge is 0.326 e. The number of benzene rings is 1. The Morgan fingerprint density at radius 1 is 1.03 bits per heavy atom. The van der Waals surface area contributed by atoms with Gasteiger partial charge in [-0.15, -0.1) is 0 Å². The number of hydrogen-bond acceptors (Lipinski definition) is 5. The van der Waals surface area contributed by atoms with Crippen LogP contribution in [-0.4, -0.2) is 42.1 Å². The molecule has 0 radical (unpaired) electrons. The molecular weight excluding hydrogens is 406 g/mol. The molecule has 0 bridgehead atoms. The minimum Gasteiger partial charge on any atom is -0.326 e. The van der Waals surface area contributed by atoms with E-state index in [2.05, 4.69) is 5.32 Å². The summed E-state index contributed by atoms with van der Waals surface area (Å²) < 4.78 is 27.9. The van der Waals surface area contributed by atoms with Crippen molar-refractivity contribution >= 4 is 27.4 Å². The van der Waals surface area contributed by atoms with Crippen molar-refractivity contribution in [3.8, 4) is 0 Å². The Labute approximate surface area is 175 Å². The minimum absolute atomic E-state index is 0.00536. The van der Waals surface area contributed by atoms with E-state index < -0.39 is 15.6 Å². The first-order chi connectivity index (χ1) is 14.3. The fraction of sp³-hybridized carbons (Fsp3) is 0.381. The van der Waals surface area contributed by atoms with E-state index in [1.165, 1.54) is 22.6 Å². The van der Waals surface area contributed by atoms with Crippen LogP contribution in [-0.2, 0) is 21.4 Å². The molecule has 1 amide bonds. The van der Waals surface area contributed by atoms with E-state index in [1.54, 1.807) is 24.3 Å². The second-order valence-electron chi connectivity index (χ2n) is 7.24. The summed E-state index contributed by atoms with van der Waals surface area (Å²) in [5, 5.41) is 2.74. The number of aromatic nitrogens is 1. The van der Waals surface area contributed by atoms with Gasteiger partial charge >= 0.3 is 0 Å². The summed E-state index contributed by atoms with van der Waals surface area (Å²) in [5.41, 5.74) is 0.497. The third-order valence-corrected chi connectivity index (χ3v) is 6.82. The number of Topliss-reactive ketones (excluding diaryl/α,β-unsaturated/α-hetero) is 1. The van der Waals surface area contributed by atoms with Crippen molar-refractivity contribution < 1.29 is 18.0 Å². The molecule has 1 N–H and O–H groups in total. The van der Waals surface area contributed by atoms with Gasteiger partial charge in [0.1, 0.15) is 0 Å². The Hall–Kier alpha value is -2.78. The molecule has 1 aliphatic rings. The highest BCUT2D eigenvalue weighted by Crippen LogP contribution is 2.20. The summed E-state index contributed by atoms with van der Waals surface area (Å²) in [6.45, 7) is 2.56. The fourth-order valence-electron chi connectivity index (χ4n) is 3.30. The number of pyridine rings is 1. The van der Waals surface area contributed by atoms with Gasteiger partial charge in [0.15, 0.2) is 5.78 Å². The summed E-state index contributed by atoms with van der Waals surface area (Å²) in [6, 6.07) is 8.84. The lowest BCUT2D eigenvalue weighted by Gasteiger charge is -2.16. The molecular formula is C21H25N3O5S. The summed E-state index contributed by atoms with van der Waals surface area (Å²) in [7, 11) is -3.68. The van der Waals surface area contributed by atoms with E-state index in [1.807, 2.05) is 6.92 Å². The number of hydrogen-bond donors (Lipinski definition) is 1. The zero-order valence-electron chi connectivity index (χ0n) is 16.8. The van der Waals surface area contributed by atoms with Gasteiger partial charge in [0.25, 0.3) is 5.56 Å². The average Bonchev–Trinajstić information content (AvgIpc) is 3.26. The van der Waals surface area contributed by atoms with Crippen LogP contribution >= 0.6 is 0 Å². The van der Waals surface area contributed by atoms with Gasteiger partial charge in [-0.2, -0.15) is 4.31 Å². The molecule has 1 aromatic heterocycles. The van der Waals surface area contributed by atoms with E-state index in [4.69, 9.17) is 0 Å². The van der Waals surface area contributed by atoms with Gasteiger partial charge in [0.05, 0.1) is 11.4 Å². The number of anilines is 1. The summed E-state index contributed by atoms with van der Waals surface area (Å²) >= 11 is 0. The van der Waals surface area contributed by atoms with Crippen LogP contribution in [0.4, 0.5) is 5.69 Å². The maximum Gasteiger partial charge on any atom is 0.251 e. The van der Waals surface area contributed by atoms with Crippen LogP contribution in [0.15, 0.2) is 52.3 Å². The number of carbonyl (C=O) groups excluding carboxylic acids is 2. The lowest BCUT2D eigenvalue weighted by molar-refractivity contribution is -0.116. The number of sulfonamides is 1. The van der Waals surface area contributed by atoms with Crippen LogP contribution in [0.5, 0.6) is 0 Å². The first-order valence-corrected chi connectivity index (χ1v) is 11.4. The van der Waals surface area contributed by atoms with Gasteiger partial charge in [0, 0.05) is 43.0 Å². The molecule has 9 heteroatoms. The molecule has 160 valence electrons. The fourth-order valence-corrected chi connectivity index (χ4v) is 4.84. The maximum absolute atomic E-state index is 12.7. The van der Waals surface area contributed by atoms with Crippen molar-refractivity contribution in [2.75, 3.05) is 18.4 Å². The van der Waals surface area contributed by atoms with E-state index in [0.29, 0.717) is 30.8 Å². The van der Waals surface area contributed by atoms with Gasteiger partial charge in [-0.25, -0.2) is 8.42 Å². The van der Waals surface area contributed by atoms with Crippen LogP contribution in [0, 0.1) is 0 Å².